The van der Waals surface area contributed by atoms with E-state index in [9.17, 15) is 0 Å². The van der Waals surface area contributed by atoms with Gasteiger partial charge in [-0.25, -0.2) is 0 Å². The largest absolute Gasteiger partial charge is 0.285 e. The molecule has 0 amide bonds. The van der Waals surface area contributed by atoms with Gasteiger partial charge in [0, 0.05) is 6.42 Å². The van der Waals surface area contributed by atoms with Crippen molar-refractivity contribution in [3.05, 3.63) is 35.9 Å². The highest BCUT2D eigenvalue weighted by Gasteiger charge is 2.26. The van der Waals surface area contributed by atoms with Gasteiger partial charge in [0.25, 0.3) is 0 Å². The maximum absolute atomic E-state index is 5.79. The lowest BCUT2D eigenvalue weighted by molar-refractivity contribution is 0.425. The van der Waals surface area contributed by atoms with Gasteiger partial charge in [-0.15, -0.1) is 10.2 Å². The maximum atomic E-state index is 5.79. The van der Waals surface area contributed by atoms with Gasteiger partial charge in [-0.05, 0) is 22.4 Å². The zero-order valence-electron chi connectivity index (χ0n) is 7.67. The van der Waals surface area contributed by atoms with Gasteiger partial charge in [0.1, 0.15) is 0 Å². The summed E-state index contributed by atoms with van der Waals surface area (Å²) in [5.41, 5.74) is 7.00. The molecule has 1 aliphatic rings. The summed E-state index contributed by atoms with van der Waals surface area (Å²) in [6, 6.07) is 10.1. The van der Waals surface area contributed by atoms with E-state index in [4.69, 9.17) is 5.73 Å². The third-order valence-electron chi connectivity index (χ3n) is 2.10. The molecule has 0 spiro atoms. The quantitative estimate of drug-likeness (QED) is 0.776. The average Bonchev–Trinajstić information content (AvgIpc) is 2.65. The van der Waals surface area contributed by atoms with Crippen LogP contribution in [-0.4, -0.2) is 5.79 Å². The van der Waals surface area contributed by atoms with Gasteiger partial charge in [-0.3, -0.25) is 5.73 Å². The molecule has 1 aromatic rings. The average molecular weight is 189 g/mol. The van der Waals surface area contributed by atoms with E-state index >= 15 is 0 Å². The molecular weight excluding hydrogens is 178 g/mol. The summed E-state index contributed by atoms with van der Waals surface area (Å²) in [4.78, 5) is 0. The highest BCUT2D eigenvalue weighted by atomic mass is 15.6. The third kappa shape index (κ3) is 2.00. The Bertz CT molecular complexity index is 345. The summed E-state index contributed by atoms with van der Waals surface area (Å²) in [5.74, 6) is -0.935. The van der Waals surface area contributed by atoms with Gasteiger partial charge in [0.2, 0.25) is 5.79 Å². The molecule has 14 heavy (non-hydrogen) atoms. The van der Waals surface area contributed by atoms with Crippen molar-refractivity contribution in [1.82, 2.24) is 0 Å². The first-order valence-electron chi connectivity index (χ1n) is 4.45. The van der Waals surface area contributed by atoms with E-state index in [1.54, 1.807) is 0 Å². The molecule has 1 aromatic carbocycles. The van der Waals surface area contributed by atoms with Gasteiger partial charge in [-0.2, -0.15) is 0 Å². The minimum absolute atomic E-state index is 0.629. The van der Waals surface area contributed by atoms with Crippen molar-refractivity contribution in [1.29, 1.82) is 0 Å². The first-order valence-corrected chi connectivity index (χ1v) is 4.45. The predicted octanol–water partition coefficient (Wildman–Crippen LogP) is 2.06. The van der Waals surface area contributed by atoms with Crippen molar-refractivity contribution in [3.63, 3.8) is 0 Å². The Morgan fingerprint density at radius 2 is 1.71 bits per heavy atom. The number of nitrogens with zero attached hydrogens (tertiary/aromatic N) is 4. The Balaban J connectivity index is 1.95. The fourth-order valence-electron chi connectivity index (χ4n) is 1.29. The lowest BCUT2D eigenvalue weighted by Gasteiger charge is -2.12. The van der Waals surface area contributed by atoms with Crippen molar-refractivity contribution in [2.24, 2.45) is 26.4 Å². The predicted molar refractivity (Wildman–Crippen MR) is 51.4 cm³/mol. The van der Waals surface area contributed by atoms with Gasteiger partial charge in [0.15, 0.2) is 0 Å². The van der Waals surface area contributed by atoms with Crippen LogP contribution in [0.15, 0.2) is 51.0 Å². The molecular formula is C9H11N5. The second kappa shape index (κ2) is 3.63. The minimum atomic E-state index is -0.935. The van der Waals surface area contributed by atoms with Gasteiger partial charge < -0.3 is 0 Å². The van der Waals surface area contributed by atoms with Crippen LogP contribution in [0.4, 0.5) is 0 Å². The first kappa shape index (κ1) is 8.96. The Kier molecular flexibility index (Phi) is 2.32. The van der Waals surface area contributed by atoms with E-state index in [1.165, 1.54) is 5.56 Å². The molecule has 0 aliphatic carbocycles. The van der Waals surface area contributed by atoms with Gasteiger partial charge in [-0.1, -0.05) is 30.3 Å². The molecule has 1 aliphatic heterocycles. The topological polar surface area (TPSA) is 75.5 Å². The van der Waals surface area contributed by atoms with Crippen LogP contribution in [0.25, 0.3) is 0 Å². The highest BCUT2D eigenvalue weighted by molar-refractivity contribution is 5.15. The van der Waals surface area contributed by atoms with Crippen LogP contribution in [0.1, 0.15) is 12.0 Å². The molecule has 0 aromatic heterocycles. The molecule has 5 nitrogen and oxygen atoms in total. The molecule has 0 radical (unpaired) electrons. The van der Waals surface area contributed by atoms with Crippen LogP contribution in [0.2, 0.25) is 0 Å². The lowest BCUT2D eigenvalue weighted by atomic mass is 10.1. The molecule has 0 fully saturated rings. The van der Waals surface area contributed by atoms with E-state index < -0.39 is 5.79 Å². The van der Waals surface area contributed by atoms with Crippen LogP contribution >= 0.6 is 0 Å². The number of hydrogen-bond donors (Lipinski definition) is 1. The van der Waals surface area contributed by atoms with E-state index in [0.29, 0.717) is 6.42 Å². The summed E-state index contributed by atoms with van der Waals surface area (Å²) >= 11 is 0. The van der Waals surface area contributed by atoms with Crippen molar-refractivity contribution in [2.45, 2.75) is 18.6 Å². The zero-order chi connectivity index (χ0) is 9.86. The van der Waals surface area contributed by atoms with Crippen LogP contribution in [-0.2, 0) is 6.42 Å². The molecule has 2 rings (SSSR count). The Morgan fingerprint density at radius 1 is 1.07 bits per heavy atom. The summed E-state index contributed by atoms with van der Waals surface area (Å²) in [6.45, 7) is 0. The van der Waals surface area contributed by atoms with Crippen molar-refractivity contribution >= 4 is 0 Å². The third-order valence-corrected chi connectivity index (χ3v) is 2.10. The minimum Gasteiger partial charge on any atom is -0.285 e. The number of aryl methyl sites for hydroxylation is 1. The summed E-state index contributed by atoms with van der Waals surface area (Å²) < 4.78 is 0. The number of hydrogen-bond acceptors (Lipinski definition) is 5. The molecule has 72 valence electrons. The molecule has 0 bridgehead atoms. The molecule has 0 atom stereocenters. The zero-order valence-corrected chi connectivity index (χ0v) is 7.67. The Morgan fingerprint density at radius 3 is 2.36 bits per heavy atom. The van der Waals surface area contributed by atoms with E-state index in [1.807, 2.05) is 30.3 Å². The molecule has 5 heteroatoms. The Labute approximate surface area is 81.7 Å². The van der Waals surface area contributed by atoms with Gasteiger partial charge in [0.05, 0.1) is 0 Å². The van der Waals surface area contributed by atoms with E-state index in [-0.39, 0.29) is 0 Å². The SMILES string of the molecule is NC1(CCc2ccccc2)N=NN=N1. The Hall–Kier alpha value is -1.62. The lowest BCUT2D eigenvalue weighted by Crippen LogP contribution is -2.33. The summed E-state index contributed by atoms with van der Waals surface area (Å²) in [6.07, 6.45) is 1.46. The molecule has 0 saturated heterocycles. The normalized spacial score (nSPS) is 17.5. The first-order chi connectivity index (χ1) is 6.79. The molecule has 0 saturated carbocycles. The van der Waals surface area contributed by atoms with Crippen molar-refractivity contribution < 1.29 is 0 Å². The molecule has 1 heterocycles. The fourth-order valence-corrected chi connectivity index (χ4v) is 1.29. The molecule has 2 N–H and O–H groups in total. The number of nitrogens with two attached hydrogens (primary N) is 1. The van der Waals surface area contributed by atoms with Crippen LogP contribution < -0.4 is 5.73 Å². The van der Waals surface area contributed by atoms with Crippen LogP contribution in [0.5, 0.6) is 0 Å². The van der Waals surface area contributed by atoms with Crippen LogP contribution in [0.3, 0.4) is 0 Å². The summed E-state index contributed by atoms with van der Waals surface area (Å²) in [7, 11) is 0. The second-order valence-electron chi connectivity index (χ2n) is 3.24. The van der Waals surface area contributed by atoms with E-state index in [0.717, 1.165) is 6.42 Å². The van der Waals surface area contributed by atoms with Crippen molar-refractivity contribution in [2.75, 3.05) is 0 Å². The second-order valence-corrected chi connectivity index (χ2v) is 3.24. The monoisotopic (exact) mass is 189 g/mol. The smallest absolute Gasteiger partial charge is 0.245 e. The number of benzene rings is 1. The highest BCUT2D eigenvalue weighted by Crippen LogP contribution is 2.19. The number of rotatable bonds is 3. The summed E-state index contributed by atoms with van der Waals surface area (Å²) in [5, 5.41) is 14.3. The standard InChI is InChI=1S/C9H11N5/c10-9(11-13-14-12-9)7-6-8-4-2-1-3-5-8/h1-5H,6-7,10H2. The van der Waals surface area contributed by atoms with Crippen molar-refractivity contribution in [3.8, 4) is 0 Å². The maximum Gasteiger partial charge on any atom is 0.245 e. The van der Waals surface area contributed by atoms with E-state index in [2.05, 4.69) is 20.7 Å². The van der Waals surface area contributed by atoms with Gasteiger partial charge >= 0.3 is 0 Å². The molecule has 0 unspecified atom stereocenters. The fraction of sp³-hybridized carbons (Fsp3) is 0.333. The van der Waals surface area contributed by atoms with Crippen LogP contribution in [0, 0.1) is 0 Å².